The minimum atomic E-state index is -0.595. The fraction of sp³-hybridized carbons (Fsp3) is 0.556. The molecule has 0 aromatic heterocycles. The molecule has 1 aromatic rings. The van der Waals surface area contributed by atoms with E-state index in [1.54, 1.807) is 14.2 Å². The Hall–Kier alpha value is -1.74. The first-order chi connectivity index (χ1) is 11.0. The van der Waals surface area contributed by atoms with Crippen LogP contribution in [-0.4, -0.2) is 56.1 Å². The largest absolute Gasteiger partial charge is 0.493 e. The average Bonchev–Trinajstić information content (AvgIpc) is 2.54. The molecule has 23 heavy (non-hydrogen) atoms. The number of methoxy groups -OCH3 is 2. The number of benzene rings is 1. The molecule has 0 amide bonds. The summed E-state index contributed by atoms with van der Waals surface area (Å²) in [6, 6.07) is 6.05. The van der Waals surface area contributed by atoms with Crippen molar-refractivity contribution in [2.75, 3.05) is 34.0 Å². The van der Waals surface area contributed by atoms with Crippen molar-refractivity contribution in [1.29, 1.82) is 0 Å². The van der Waals surface area contributed by atoms with Gasteiger partial charge in [0.25, 0.3) is 0 Å². The van der Waals surface area contributed by atoms with Gasteiger partial charge in [0.05, 0.1) is 26.9 Å². The minimum Gasteiger partial charge on any atom is -0.493 e. The van der Waals surface area contributed by atoms with Crippen molar-refractivity contribution in [1.82, 2.24) is 4.90 Å². The van der Waals surface area contributed by atoms with Crippen LogP contribution in [0.2, 0.25) is 0 Å². The summed E-state index contributed by atoms with van der Waals surface area (Å²) in [5.41, 5.74) is 1.01. The summed E-state index contributed by atoms with van der Waals surface area (Å²) in [7, 11) is 3.25. The van der Waals surface area contributed by atoms with Gasteiger partial charge in [-0.3, -0.25) is 4.90 Å². The van der Waals surface area contributed by atoms with Gasteiger partial charge >= 0.3 is 0 Å². The van der Waals surface area contributed by atoms with Crippen LogP contribution in [0.3, 0.4) is 0 Å². The number of aliphatic hydroxyl groups excluding tert-OH is 1. The molecule has 0 unspecified atom stereocenters. The standard InChI is InChI=1S/C18H27NO4/c1-6-10-23-13-16(20)12-19(14(2)3)11-15-8-7-9-17(21-4)18(15)22-5/h1,7-9,14,16,20H,10-13H2,2-5H3/t16-/m0/s1. The van der Waals surface area contributed by atoms with E-state index in [-0.39, 0.29) is 19.3 Å². The molecule has 1 atom stereocenters. The smallest absolute Gasteiger partial charge is 0.165 e. The maximum absolute atomic E-state index is 10.1. The normalized spacial score (nSPS) is 12.3. The van der Waals surface area contributed by atoms with E-state index in [4.69, 9.17) is 20.6 Å². The number of hydrogen-bond donors (Lipinski definition) is 1. The monoisotopic (exact) mass is 321 g/mol. The molecule has 0 radical (unpaired) electrons. The van der Waals surface area contributed by atoms with Crippen LogP contribution in [-0.2, 0) is 11.3 Å². The second-order valence-electron chi connectivity index (χ2n) is 5.55. The molecule has 1 aromatic carbocycles. The highest BCUT2D eigenvalue weighted by Gasteiger charge is 2.18. The van der Waals surface area contributed by atoms with E-state index >= 15 is 0 Å². The molecule has 0 heterocycles. The van der Waals surface area contributed by atoms with Gasteiger partial charge in [0, 0.05) is 24.7 Å². The van der Waals surface area contributed by atoms with Crippen LogP contribution >= 0.6 is 0 Å². The van der Waals surface area contributed by atoms with Crippen molar-refractivity contribution in [2.45, 2.75) is 32.5 Å². The van der Waals surface area contributed by atoms with Gasteiger partial charge in [-0.15, -0.1) is 6.42 Å². The lowest BCUT2D eigenvalue weighted by Crippen LogP contribution is -2.39. The van der Waals surface area contributed by atoms with Gasteiger partial charge in [-0.25, -0.2) is 0 Å². The molecule has 0 aliphatic carbocycles. The van der Waals surface area contributed by atoms with E-state index < -0.39 is 6.10 Å². The van der Waals surface area contributed by atoms with E-state index in [2.05, 4.69) is 24.7 Å². The summed E-state index contributed by atoms with van der Waals surface area (Å²) in [5, 5.41) is 10.1. The molecule has 0 saturated carbocycles. The van der Waals surface area contributed by atoms with Gasteiger partial charge in [0.15, 0.2) is 11.5 Å². The van der Waals surface area contributed by atoms with Crippen molar-refractivity contribution in [2.24, 2.45) is 0 Å². The summed E-state index contributed by atoms with van der Waals surface area (Å²) in [5.74, 6) is 3.81. The summed E-state index contributed by atoms with van der Waals surface area (Å²) in [6.45, 7) is 5.74. The summed E-state index contributed by atoms with van der Waals surface area (Å²) in [4.78, 5) is 2.15. The number of ether oxygens (including phenoxy) is 3. The highest BCUT2D eigenvalue weighted by molar-refractivity contribution is 5.46. The second-order valence-corrected chi connectivity index (χ2v) is 5.55. The van der Waals surface area contributed by atoms with Crippen LogP contribution in [0.1, 0.15) is 19.4 Å². The van der Waals surface area contributed by atoms with E-state index in [9.17, 15) is 5.11 Å². The Morgan fingerprint density at radius 3 is 2.57 bits per heavy atom. The van der Waals surface area contributed by atoms with Crippen LogP contribution in [0.15, 0.2) is 18.2 Å². The topological polar surface area (TPSA) is 51.2 Å². The maximum atomic E-state index is 10.1. The summed E-state index contributed by atoms with van der Waals surface area (Å²) in [6.07, 6.45) is 4.54. The lowest BCUT2D eigenvalue weighted by Gasteiger charge is -2.29. The van der Waals surface area contributed by atoms with E-state index in [1.165, 1.54) is 0 Å². The van der Waals surface area contributed by atoms with Crippen molar-refractivity contribution in [3.63, 3.8) is 0 Å². The molecule has 1 rings (SSSR count). The minimum absolute atomic E-state index is 0.211. The molecule has 0 saturated heterocycles. The highest BCUT2D eigenvalue weighted by atomic mass is 16.5. The second kappa shape index (κ2) is 10.1. The van der Waals surface area contributed by atoms with Crippen LogP contribution < -0.4 is 9.47 Å². The first kappa shape index (κ1) is 19.3. The van der Waals surface area contributed by atoms with E-state index in [0.717, 1.165) is 11.3 Å². The molecule has 1 N–H and O–H groups in total. The average molecular weight is 321 g/mol. The molecular formula is C18H27NO4. The van der Waals surface area contributed by atoms with Gasteiger partial charge in [0.2, 0.25) is 0 Å². The molecule has 0 spiro atoms. The molecule has 5 heteroatoms. The van der Waals surface area contributed by atoms with Gasteiger partial charge in [-0.05, 0) is 19.9 Å². The number of hydrogen-bond acceptors (Lipinski definition) is 5. The van der Waals surface area contributed by atoms with Crippen LogP contribution in [0, 0.1) is 12.3 Å². The first-order valence-corrected chi connectivity index (χ1v) is 7.66. The Kier molecular flexibility index (Phi) is 8.49. The molecule has 5 nitrogen and oxygen atoms in total. The fourth-order valence-corrected chi connectivity index (χ4v) is 2.33. The van der Waals surface area contributed by atoms with E-state index in [0.29, 0.717) is 18.8 Å². The first-order valence-electron chi connectivity index (χ1n) is 7.66. The number of rotatable bonds is 10. The maximum Gasteiger partial charge on any atom is 0.165 e. The predicted octanol–water partition coefficient (Wildman–Crippen LogP) is 1.92. The van der Waals surface area contributed by atoms with Gasteiger partial charge in [-0.1, -0.05) is 18.1 Å². The zero-order valence-corrected chi connectivity index (χ0v) is 14.4. The summed E-state index contributed by atoms with van der Waals surface area (Å²) >= 11 is 0. The van der Waals surface area contributed by atoms with Gasteiger partial charge in [0.1, 0.15) is 6.61 Å². The molecule has 0 bridgehead atoms. The van der Waals surface area contributed by atoms with Crippen molar-refractivity contribution >= 4 is 0 Å². The number of nitrogens with zero attached hydrogens (tertiary/aromatic N) is 1. The number of aliphatic hydroxyl groups is 1. The molecule has 0 aliphatic rings. The summed E-state index contributed by atoms with van der Waals surface area (Å²) < 4.78 is 16.0. The van der Waals surface area contributed by atoms with Crippen molar-refractivity contribution < 1.29 is 19.3 Å². The molecule has 128 valence electrons. The van der Waals surface area contributed by atoms with Crippen LogP contribution in [0.5, 0.6) is 11.5 Å². The Bertz CT molecular complexity index is 510. The third-order valence-electron chi connectivity index (χ3n) is 3.53. The molecule has 0 aliphatic heterocycles. The Morgan fingerprint density at radius 2 is 2.00 bits per heavy atom. The lowest BCUT2D eigenvalue weighted by molar-refractivity contribution is 0.0190. The van der Waals surface area contributed by atoms with Crippen LogP contribution in [0.4, 0.5) is 0 Å². The number of terminal acetylenes is 1. The zero-order chi connectivity index (χ0) is 17.2. The number of para-hydroxylation sites is 1. The Balaban J connectivity index is 2.79. The third-order valence-corrected chi connectivity index (χ3v) is 3.53. The van der Waals surface area contributed by atoms with Crippen molar-refractivity contribution in [3.8, 4) is 23.8 Å². The fourth-order valence-electron chi connectivity index (χ4n) is 2.33. The van der Waals surface area contributed by atoms with E-state index in [1.807, 2.05) is 18.2 Å². The Labute approximate surface area is 139 Å². The molecular weight excluding hydrogens is 294 g/mol. The quantitative estimate of drug-likeness (QED) is 0.527. The Morgan fingerprint density at radius 1 is 1.26 bits per heavy atom. The van der Waals surface area contributed by atoms with Gasteiger partial charge in [-0.2, -0.15) is 0 Å². The van der Waals surface area contributed by atoms with Crippen molar-refractivity contribution in [3.05, 3.63) is 23.8 Å². The highest BCUT2D eigenvalue weighted by Crippen LogP contribution is 2.31. The lowest BCUT2D eigenvalue weighted by atomic mass is 10.1. The van der Waals surface area contributed by atoms with Crippen LogP contribution in [0.25, 0.3) is 0 Å². The van der Waals surface area contributed by atoms with Gasteiger partial charge < -0.3 is 19.3 Å². The SMILES string of the molecule is C#CCOC[C@@H](O)CN(Cc1cccc(OC)c1OC)C(C)C. The third kappa shape index (κ3) is 6.11. The zero-order valence-electron chi connectivity index (χ0n) is 14.4. The predicted molar refractivity (Wildman–Crippen MR) is 90.8 cm³/mol. The molecule has 0 fully saturated rings.